The Morgan fingerprint density at radius 1 is 1.29 bits per heavy atom. The molecule has 2 atom stereocenters. The third-order valence-electron chi connectivity index (χ3n) is 2.75. The van der Waals surface area contributed by atoms with Crippen LogP contribution in [0, 0.1) is 5.92 Å². The molecule has 0 spiro atoms. The minimum Gasteiger partial charge on any atom is -0.392 e. The molecule has 2 N–H and O–H groups in total. The standard InChI is InChI=1S/C14H22BrNO/c1-10(2)7-14(17)9-16-11(3)12-5-4-6-13(15)8-12/h4-6,8,10-11,14,16-17H,7,9H2,1-3H3. The van der Waals surface area contributed by atoms with Crippen molar-refractivity contribution in [3.8, 4) is 0 Å². The Labute approximate surface area is 113 Å². The lowest BCUT2D eigenvalue weighted by Crippen LogP contribution is -2.29. The highest BCUT2D eigenvalue weighted by atomic mass is 79.9. The van der Waals surface area contributed by atoms with E-state index in [9.17, 15) is 5.11 Å². The van der Waals surface area contributed by atoms with Gasteiger partial charge in [0.1, 0.15) is 0 Å². The zero-order valence-electron chi connectivity index (χ0n) is 10.8. The van der Waals surface area contributed by atoms with E-state index in [4.69, 9.17) is 0 Å². The maximum Gasteiger partial charge on any atom is 0.0667 e. The fourth-order valence-electron chi connectivity index (χ4n) is 1.83. The second kappa shape index (κ2) is 7.14. The summed E-state index contributed by atoms with van der Waals surface area (Å²) in [5.74, 6) is 0.535. The van der Waals surface area contributed by atoms with Crippen LogP contribution in [-0.2, 0) is 0 Å². The molecule has 0 bridgehead atoms. The smallest absolute Gasteiger partial charge is 0.0667 e. The van der Waals surface area contributed by atoms with Crippen molar-refractivity contribution in [3.63, 3.8) is 0 Å². The summed E-state index contributed by atoms with van der Waals surface area (Å²) in [6, 6.07) is 8.50. The van der Waals surface area contributed by atoms with E-state index >= 15 is 0 Å². The van der Waals surface area contributed by atoms with Crippen molar-refractivity contribution in [3.05, 3.63) is 34.3 Å². The van der Waals surface area contributed by atoms with Crippen molar-refractivity contribution in [2.45, 2.75) is 39.3 Å². The van der Waals surface area contributed by atoms with Crippen LogP contribution in [0.4, 0.5) is 0 Å². The zero-order valence-corrected chi connectivity index (χ0v) is 12.4. The highest BCUT2D eigenvalue weighted by Gasteiger charge is 2.10. The summed E-state index contributed by atoms with van der Waals surface area (Å²) in [6.45, 7) is 7.01. The van der Waals surface area contributed by atoms with Crippen molar-refractivity contribution < 1.29 is 5.11 Å². The Kier molecular flexibility index (Phi) is 6.17. The second-order valence-corrected chi connectivity index (χ2v) is 5.88. The highest BCUT2D eigenvalue weighted by Crippen LogP contribution is 2.17. The van der Waals surface area contributed by atoms with Crippen LogP contribution in [-0.4, -0.2) is 17.8 Å². The lowest BCUT2D eigenvalue weighted by atomic mass is 10.0. The van der Waals surface area contributed by atoms with Gasteiger partial charge < -0.3 is 10.4 Å². The summed E-state index contributed by atoms with van der Waals surface area (Å²) >= 11 is 3.47. The van der Waals surface area contributed by atoms with Gasteiger partial charge in [0.2, 0.25) is 0 Å². The third kappa shape index (κ3) is 5.66. The van der Waals surface area contributed by atoms with Crippen molar-refractivity contribution >= 4 is 15.9 Å². The first-order valence-corrected chi connectivity index (χ1v) is 6.95. The summed E-state index contributed by atoms with van der Waals surface area (Å²) in [5.41, 5.74) is 1.23. The number of benzene rings is 1. The van der Waals surface area contributed by atoms with Gasteiger partial charge in [-0.25, -0.2) is 0 Å². The molecule has 2 unspecified atom stereocenters. The van der Waals surface area contributed by atoms with Gasteiger partial charge in [-0.2, -0.15) is 0 Å². The van der Waals surface area contributed by atoms with E-state index in [-0.39, 0.29) is 12.1 Å². The molecule has 0 heterocycles. The molecule has 0 aliphatic rings. The number of aliphatic hydroxyl groups is 1. The van der Waals surface area contributed by atoms with Crippen LogP contribution >= 0.6 is 15.9 Å². The molecule has 3 heteroatoms. The van der Waals surface area contributed by atoms with E-state index in [2.05, 4.69) is 54.2 Å². The SMILES string of the molecule is CC(C)CC(O)CNC(C)c1cccc(Br)c1. The van der Waals surface area contributed by atoms with Crippen LogP contribution in [0.25, 0.3) is 0 Å². The highest BCUT2D eigenvalue weighted by molar-refractivity contribution is 9.10. The summed E-state index contributed by atoms with van der Waals surface area (Å²) in [7, 11) is 0. The first kappa shape index (κ1) is 14.7. The number of hydrogen-bond donors (Lipinski definition) is 2. The predicted molar refractivity (Wildman–Crippen MR) is 76.0 cm³/mol. The van der Waals surface area contributed by atoms with Crippen molar-refractivity contribution in [1.29, 1.82) is 0 Å². The summed E-state index contributed by atoms with van der Waals surface area (Å²) in [6.07, 6.45) is 0.586. The number of halogens is 1. The van der Waals surface area contributed by atoms with Gasteiger partial charge in [0, 0.05) is 17.1 Å². The molecular weight excluding hydrogens is 278 g/mol. The lowest BCUT2D eigenvalue weighted by molar-refractivity contribution is 0.143. The molecule has 0 aliphatic heterocycles. The largest absolute Gasteiger partial charge is 0.392 e. The van der Waals surface area contributed by atoms with Gasteiger partial charge in [-0.15, -0.1) is 0 Å². The molecule has 2 nitrogen and oxygen atoms in total. The van der Waals surface area contributed by atoms with Crippen LogP contribution in [0.15, 0.2) is 28.7 Å². The molecule has 1 aromatic carbocycles. The van der Waals surface area contributed by atoms with E-state index in [0.29, 0.717) is 12.5 Å². The summed E-state index contributed by atoms with van der Waals surface area (Å²) in [5, 5.41) is 13.2. The monoisotopic (exact) mass is 299 g/mol. The predicted octanol–water partition coefficient (Wildman–Crippen LogP) is 3.51. The topological polar surface area (TPSA) is 32.3 Å². The molecular formula is C14H22BrNO. The van der Waals surface area contributed by atoms with Crippen molar-refractivity contribution in [2.75, 3.05) is 6.54 Å². The van der Waals surface area contributed by atoms with Crippen LogP contribution in [0.3, 0.4) is 0 Å². The third-order valence-corrected chi connectivity index (χ3v) is 3.25. The van der Waals surface area contributed by atoms with Gasteiger partial charge in [0.05, 0.1) is 6.10 Å². The van der Waals surface area contributed by atoms with Gasteiger partial charge in [0.15, 0.2) is 0 Å². The average molecular weight is 300 g/mol. The molecule has 0 amide bonds. The van der Waals surface area contributed by atoms with E-state index in [0.717, 1.165) is 10.9 Å². The Morgan fingerprint density at radius 2 is 2.00 bits per heavy atom. The molecule has 0 aliphatic carbocycles. The Morgan fingerprint density at radius 3 is 2.59 bits per heavy atom. The fourth-order valence-corrected chi connectivity index (χ4v) is 2.25. The molecule has 1 rings (SSSR count). The van der Waals surface area contributed by atoms with Crippen LogP contribution in [0.1, 0.15) is 38.8 Å². The van der Waals surface area contributed by atoms with Gasteiger partial charge in [-0.1, -0.05) is 41.9 Å². The average Bonchev–Trinajstić information content (AvgIpc) is 2.25. The van der Waals surface area contributed by atoms with E-state index < -0.39 is 0 Å². The van der Waals surface area contributed by atoms with Gasteiger partial charge in [-0.3, -0.25) is 0 Å². The number of rotatable bonds is 6. The Bertz CT molecular complexity index is 341. The van der Waals surface area contributed by atoms with E-state index in [1.54, 1.807) is 0 Å². The Hall–Kier alpha value is -0.380. The molecule has 96 valence electrons. The van der Waals surface area contributed by atoms with Crippen molar-refractivity contribution in [1.82, 2.24) is 5.32 Å². The fraction of sp³-hybridized carbons (Fsp3) is 0.571. The molecule has 0 radical (unpaired) electrons. The Balaban J connectivity index is 2.42. The molecule has 17 heavy (non-hydrogen) atoms. The molecule has 1 aromatic rings. The normalized spacial score (nSPS) is 14.9. The maximum absolute atomic E-state index is 9.80. The molecule has 0 saturated carbocycles. The molecule has 0 fully saturated rings. The first-order valence-electron chi connectivity index (χ1n) is 6.16. The number of aliphatic hydroxyl groups excluding tert-OH is 1. The quantitative estimate of drug-likeness (QED) is 0.842. The first-order chi connectivity index (χ1) is 7.99. The van der Waals surface area contributed by atoms with Crippen molar-refractivity contribution in [2.24, 2.45) is 5.92 Å². The minimum absolute atomic E-state index is 0.259. The van der Waals surface area contributed by atoms with Crippen LogP contribution < -0.4 is 5.32 Å². The van der Waals surface area contributed by atoms with Gasteiger partial charge in [-0.05, 0) is 37.0 Å². The number of nitrogens with one attached hydrogen (secondary N) is 1. The van der Waals surface area contributed by atoms with E-state index in [1.165, 1.54) is 5.56 Å². The van der Waals surface area contributed by atoms with Gasteiger partial charge >= 0.3 is 0 Å². The summed E-state index contributed by atoms with van der Waals surface area (Å²) in [4.78, 5) is 0. The zero-order chi connectivity index (χ0) is 12.8. The number of hydrogen-bond acceptors (Lipinski definition) is 2. The maximum atomic E-state index is 9.80. The lowest BCUT2D eigenvalue weighted by Gasteiger charge is -2.18. The molecule has 0 aromatic heterocycles. The van der Waals surface area contributed by atoms with Crippen LogP contribution in [0.2, 0.25) is 0 Å². The van der Waals surface area contributed by atoms with E-state index in [1.807, 2.05) is 12.1 Å². The second-order valence-electron chi connectivity index (χ2n) is 4.97. The molecule has 0 saturated heterocycles. The van der Waals surface area contributed by atoms with Crippen LogP contribution in [0.5, 0.6) is 0 Å². The summed E-state index contributed by atoms with van der Waals surface area (Å²) < 4.78 is 1.09. The van der Waals surface area contributed by atoms with Gasteiger partial charge in [0.25, 0.3) is 0 Å². The minimum atomic E-state index is -0.260.